The maximum absolute atomic E-state index is 8.98. The van der Waals surface area contributed by atoms with E-state index in [1.54, 1.807) is 0 Å². The first-order chi connectivity index (χ1) is 7.83. The molecule has 0 saturated heterocycles. The summed E-state index contributed by atoms with van der Waals surface area (Å²) in [4.78, 5) is 0. The molecule has 0 heterocycles. The third kappa shape index (κ3) is 2.12. The highest BCUT2D eigenvalue weighted by Crippen LogP contribution is 2.22. The van der Waals surface area contributed by atoms with Crippen molar-refractivity contribution in [2.24, 2.45) is 0 Å². The van der Waals surface area contributed by atoms with Crippen LogP contribution in [0, 0.1) is 11.3 Å². The summed E-state index contributed by atoms with van der Waals surface area (Å²) in [6, 6.07) is 18.4. The molecule has 0 radical (unpaired) electrons. The molecule has 0 aliphatic heterocycles. The van der Waals surface area contributed by atoms with Crippen LogP contribution in [0.2, 0.25) is 0 Å². The van der Waals surface area contributed by atoms with E-state index in [2.05, 4.69) is 31.2 Å². The summed E-state index contributed by atoms with van der Waals surface area (Å²) >= 11 is 0. The summed E-state index contributed by atoms with van der Waals surface area (Å²) in [5, 5.41) is 8.98. The second-order valence-corrected chi connectivity index (χ2v) is 3.75. The van der Waals surface area contributed by atoms with Gasteiger partial charge in [0.25, 0.3) is 0 Å². The molecule has 2 aromatic rings. The SMILES string of the molecule is CCc1cc(C#N)cc(-c2ccccc2)c1. The van der Waals surface area contributed by atoms with Gasteiger partial charge in [-0.3, -0.25) is 0 Å². The predicted octanol–water partition coefficient (Wildman–Crippen LogP) is 3.79. The smallest absolute Gasteiger partial charge is 0.0991 e. The molecule has 0 aromatic heterocycles. The van der Waals surface area contributed by atoms with Gasteiger partial charge in [-0.1, -0.05) is 43.3 Å². The van der Waals surface area contributed by atoms with Crippen LogP contribution < -0.4 is 0 Å². The van der Waals surface area contributed by atoms with Crippen LogP contribution in [0.4, 0.5) is 0 Å². The van der Waals surface area contributed by atoms with Crippen molar-refractivity contribution in [1.29, 1.82) is 5.26 Å². The van der Waals surface area contributed by atoms with Crippen LogP contribution >= 0.6 is 0 Å². The zero-order valence-corrected chi connectivity index (χ0v) is 9.27. The Hall–Kier alpha value is -2.07. The normalized spacial score (nSPS) is 9.75. The van der Waals surface area contributed by atoms with E-state index >= 15 is 0 Å². The van der Waals surface area contributed by atoms with Crippen LogP contribution in [-0.4, -0.2) is 0 Å². The maximum Gasteiger partial charge on any atom is 0.0991 e. The van der Waals surface area contributed by atoms with Gasteiger partial charge in [0.2, 0.25) is 0 Å². The Bertz CT molecular complexity index is 521. The van der Waals surface area contributed by atoms with Crippen LogP contribution in [0.3, 0.4) is 0 Å². The molecular weight excluding hydrogens is 194 g/mol. The van der Waals surface area contributed by atoms with Gasteiger partial charge in [-0.15, -0.1) is 0 Å². The van der Waals surface area contributed by atoms with Gasteiger partial charge in [0.1, 0.15) is 0 Å². The first kappa shape index (κ1) is 10.4. The molecule has 16 heavy (non-hydrogen) atoms. The minimum atomic E-state index is 0.734. The van der Waals surface area contributed by atoms with E-state index in [0.29, 0.717) is 0 Å². The molecule has 0 unspecified atom stereocenters. The lowest BCUT2D eigenvalue weighted by Gasteiger charge is -2.05. The summed E-state index contributed by atoms with van der Waals surface area (Å²) in [6.07, 6.45) is 0.954. The van der Waals surface area contributed by atoms with Gasteiger partial charge in [0.05, 0.1) is 11.6 Å². The Morgan fingerprint density at radius 2 is 1.75 bits per heavy atom. The number of aryl methyl sites for hydroxylation is 1. The van der Waals surface area contributed by atoms with Crippen molar-refractivity contribution in [2.45, 2.75) is 13.3 Å². The standard InChI is InChI=1S/C15H13N/c1-2-12-8-13(11-16)10-15(9-12)14-6-4-3-5-7-14/h3-10H,2H2,1H3. The Morgan fingerprint density at radius 1 is 1.00 bits per heavy atom. The molecule has 0 bridgehead atoms. The molecule has 1 nitrogen and oxygen atoms in total. The van der Waals surface area contributed by atoms with Crippen LogP contribution in [0.1, 0.15) is 18.1 Å². The number of hydrogen-bond donors (Lipinski definition) is 0. The van der Waals surface area contributed by atoms with E-state index in [1.807, 2.05) is 30.3 Å². The lowest BCUT2D eigenvalue weighted by molar-refractivity contribution is 1.14. The van der Waals surface area contributed by atoms with Gasteiger partial charge in [-0.05, 0) is 35.2 Å². The fraction of sp³-hybridized carbons (Fsp3) is 0.133. The summed E-state index contributed by atoms with van der Waals surface area (Å²) < 4.78 is 0. The highest BCUT2D eigenvalue weighted by molar-refractivity contribution is 5.66. The van der Waals surface area contributed by atoms with Gasteiger partial charge in [0.15, 0.2) is 0 Å². The Labute approximate surface area is 96.0 Å². The maximum atomic E-state index is 8.98. The quantitative estimate of drug-likeness (QED) is 0.735. The van der Waals surface area contributed by atoms with Crippen molar-refractivity contribution in [1.82, 2.24) is 0 Å². The van der Waals surface area contributed by atoms with E-state index in [0.717, 1.165) is 23.1 Å². The summed E-state index contributed by atoms with van der Waals surface area (Å²) in [5.74, 6) is 0. The van der Waals surface area contributed by atoms with Crippen molar-refractivity contribution >= 4 is 0 Å². The molecule has 2 rings (SSSR count). The third-order valence-corrected chi connectivity index (χ3v) is 2.64. The largest absolute Gasteiger partial charge is 0.192 e. The van der Waals surface area contributed by atoms with Gasteiger partial charge in [0, 0.05) is 0 Å². The zero-order chi connectivity index (χ0) is 11.4. The van der Waals surface area contributed by atoms with Crippen LogP contribution in [-0.2, 0) is 6.42 Å². The van der Waals surface area contributed by atoms with E-state index in [4.69, 9.17) is 5.26 Å². The Kier molecular flexibility index (Phi) is 3.03. The lowest BCUT2D eigenvalue weighted by Crippen LogP contribution is -1.86. The van der Waals surface area contributed by atoms with Crippen molar-refractivity contribution < 1.29 is 0 Å². The molecule has 0 atom stereocenters. The number of benzene rings is 2. The second-order valence-electron chi connectivity index (χ2n) is 3.75. The van der Waals surface area contributed by atoms with Crippen LogP contribution in [0.5, 0.6) is 0 Å². The molecular formula is C15H13N. The van der Waals surface area contributed by atoms with Gasteiger partial charge in [-0.2, -0.15) is 5.26 Å². The van der Waals surface area contributed by atoms with Crippen molar-refractivity contribution in [2.75, 3.05) is 0 Å². The van der Waals surface area contributed by atoms with Gasteiger partial charge < -0.3 is 0 Å². The van der Waals surface area contributed by atoms with E-state index in [-0.39, 0.29) is 0 Å². The fourth-order valence-corrected chi connectivity index (χ4v) is 1.76. The number of rotatable bonds is 2. The molecule has 0 spiro atoms. The molecule has 0 amide bonds. The molecule has 0 saturated carbocycles. The molecule has 2 aromatic carbocycles. The van der Waals surface area contributed by atoms with Gasteiger partial charge >= 0.3 is 0 Å². The minimum absolute atomic E-state index is 0.734. The van der Waals surface area contributed by atoms with E-state index < -0.39 is 0 Å². The average molecular weight is 207 g/mol. The Morgan fingerprint density at radius 3 is 2.38 bits per heavy atom. The zero-order valence-electron chi connectivity index (χ0n) is 9.27. The summed E-state index contributed by atoms with van der Waals surface area (Å²) in [7, 11) is 0. The minimum Gasteiger partial charge on any atom is -0.192 e. The summed E-state index contributed by atoms with van der Waals surface area (Å²) in [6.45, 7) is 2.10. The molecule has 0 N–H and O–H groups in total. The van der Waals surface area contributed by atoms with Gasteiger partial charge in [-0.25, -0.2) is 0 Å². The topological polar surface area (TPSA) is 23.8 Å². The predicted molar refractivity (Wildman–Crippen MR) is 66.0 cm³/mol. The fourth-order valence-electron chi connectivity index (χ4n) is 1.76. The third-order valence-electron chi connectivity index (χ3n) is 2.64. The Balaban J connectivity index is 2.54. The summed E-state index contributed by atoms with van der Waals surface area (Å²) in [5.41, 5.74) is 4.22. The first-order valence-corrected chi connectivity index (χ1v) is 5.43. The van der Waals surface area contributed by atoms with Crippen LogP contribution in [0.25, 0.3) is 11.1 Å². The molecule has 0 fully saturated rings. The van der Waals surface area contributed by atoms with Crippen molar-refractivity contribution in [3.63, 3.8) is 0 Å². The molecule has 0 aliphatic rings. The van der Waals surface area contributed by atoms with E-state index in [1.165, 1.54) is 5.56 Å². The number of nitrogens with zero attached hydrogens (tertiary/aromatic N) is 1. The lowest BCUT2D eigenvalue weighted by atomic mass is 9.99. The van der Waals surface area contributed by atoms with Crippen molar-refractivity contribution in [3.05, 3.63) is 59.7 Å². The van der Waals surface area contributed by atoms with Crippen molar-refractivity contribution in [3.8, 4) is 17.2 Å². The molecule has 0 aliphatic carbocycles. The highest BCUT2D eigenvalue weighted by Gasteiger charge is 2.01. The first-order valence-electron chi connectivity index (χ1n) is 5.43. The molecule has 1 heteroatoms. The number of hydrogen-bond acceptors (Lipinski definition) is 1. The average Bonchev–Trinajstić information content (AvgIpc) is 2.39. The monoisotopic (exact) mass is 207 g/mol. The van der Waals surface area contributed by atoms with E-state index in [9.17, 15) is 0 Å². The number of nitriles is 1. The second kappa shape index (κ2) is 4.63. The molecule has 78 valence electrons. The van der Waals surface area contributed by atoms with Crippen LogP contribution in [0.15, 0.2) is 48.5 Å². The highest BCUT2D eigenvalue weighted by atomic mass is 14.2.